The number of halogens is 1. The summed E-state index contributed by atoms with van der Waals surface area (Å²) in [6, 6.07) is 0. The van der Waals surface area contributed by atoms with Gasteiger partial charge in [0, 0.05) is 24.8 Å². The maximum absolute atomic E-state index is 11.2. The van der Waals surface area contributed by atoms with E-state index in [9.17, 15) is 29.7 Å². The minimum atomic E-state index is -0.828. The maximum atomic E-state index is 11.2. The van der Waals surface area contributed by atoms with Crippen LogP contribution in [0.25, 0.3) is 0 Å². The van der Waals surface area contributed by atoms with Crippen molar-refractivity contribution in [2.75, 3.05) is 0 Å². The molecule has 4 aliphatic rings. The zero-order chi connectivity index (χ0) is 19.2. The SMILES string of the molecule is Cl.NC12CC3(CCC(=O)O)CC(CCC(=O)O)(C1)CC(CCC(=O)O)(C2)C3. The van der Waals surface area contributed by atoms with Crippen LogP contribution in [0.2, 0.25) is 0 Å². The fourth-order valence-electron chi connectivity index (χ4n) is 7.29. The first-order valence-electron chi connectivity index (χ1n) is 9.44. The van der Waals surface area contributed by atoms with Crippen molar-refractivity contribution in [2.24, 2.45) is 22.0 Å². The van der Waals surface area contributed by atoms with E-state index >= 15 is 0 Å². The van der Waals surface area contributed by atoms with E-state index in [1.165, 1.54) is 0 Å². The van der Waals surface area contributed by atoms with Gasteiger partial charge in [0.1, 0.15) is 0 Å². The number of rotatable bonds is 9. The minimum absolute atomic E-state index is 0. The first kappa shape index (κ1) is 22.0. The van der Waals surface area contributed by atoms with Crippen molar-refractivity contribution in [3.05, 3.63) is 0 Å². The lowest BCUT2D eigenvalue weighted by molar-refractivity contribution is -0.182. The normalized spacial score (nSPS) is 39.0. The van der Waals surface area contributed by atoms with E-state index in [4.69, 9.17) is 5.73 Å². The van der Waals surface area contributed by atoms with Gasteiger partial charge in [-0.1, -0.05) is 0 Å². The number of hydrogen-bond acceptors (Lipinski definition) is 4. The lowest BCUT2D eigenvalue weighted by Gasteiger charge is -2.70. The molecule has 0 radical (unpaired) electrons. The Balaban J connectivity index is 0.00000261. The third-order valence-electron chi connectivity index (χ3n) is 7.04. The smallest absolute Gasteiger partial charge is 0.303 e. The Morgan fingerprint density at radius 1 is 0.630 bits per heavy atom. The van der Waals surface area contributed by atoms with Gasteiger partial charge in [-0.15, -0.1) is 12.4 Å². The molecule has 4 fully saturated rings. The second-order valence-corrected chi connectivity index (χ2v) is 9.60. The number of carbonyl (C=O) groups is 3. The summed E-state index contributed by atoms with van der Waals surface area (Å²) in [6.45, 7) is 0. The van der Waals surface area contributed by atoms with Crippen LogP contribution >= 0.6 is 12.4 Å². The monoisotopic (exact) mass is 403 g/mol. The van der Waals surface area contributed by atoms with Crippen LogP contribution in [0.4, 0.5) is 0 Å². The van der Waals surface area contributed by atoms with E-state index in [1.54, 1.807) is 0 Å². The number of aliphatic carboxylic acids is 3. The molecule has 0 aromatic carbocycles. The van der Waals surface area contributed by atoms with Crippen LogP contribution in [-0.2, 0) is 14.4 Å². The largest absolute Gasteiger partial charge is 0.481 e. The molecule has 0 saturated heterocycles. The van der Waals surface area contributed by atoms with E-state index in [1.807, 2.05) is 0 Å². The third kappa shape index (κ3) is 4.57. The molecule has 4 rings (SSSR count). The lowest BCUT2D eigenvalue weighted by atomic mass is 9.36. The average Bonchev–Trinajstić information content (AvgIpc) is 2.47. The molecule has 0 aliphatic heterocycles. The summed E-state index contributed by atoms with van der Waals surface area (Å²) in [5, 5.41) is 27.5. The fourth-order valence-corrected chi connectivity index (χ4v) is 7.29. The molecular formula is C19H30ClNO6. The summed E-state index contributed by atoms with van der Waals surface area (Å²) in [5.74, 6) is -2.48. The second kappa shape index (κ2) is 7.24. The van der Waals surface area contributed by atoms with Crippen LogP contribution in [0.15, 0.2) is 0 Å². The number of carboxylic acid groups (broad SMARTS) is 3. The summed E-state index contributed by atoms with van der Waals surface area (Å²) in [6.07, 6.45) is 6.70. The van der Waals surface area contributed by atoms with Gasteiger partial charge in [0.25, 0.3) is 0 Å². The van der Waals surface area contributed by atoms with Crippen molar-refractivity contribution in [1.29, 1.82) is 0 Å². The van der Waals surface area contributed by atoms with Gasteiger partial charge in [-0.25, -0.2) is 0 Å². The van der Waals surface area contributed by atoms with Gasteiger partial charge in [0.15, 0.2) is 0 Å². The zero-order valence-corrected chi connectivity index (χ0v) is 16.4. The highest BCUT2D eigenvalue weighted by molar-refractivity contribution is 5.85. The van der Waals surface area contributed by atoms with Gasteiger partial charge in [0.05, 0.1) is 0 Å². The van der Waals surface area contributed by atoms with Gasteiger partial charge in [-0.3, -0.25) is 14.4 Å². The molecule has 0 unspecified atom stereocenters. The van der Waals surface area contributed by atoms with Crippen molar-refractivity contribution < 1.29 is 29.7 Å². The molecule has 5 N–H and O–H groups in total. The predicted octanol–water partition coefficient (Wildman–Crippen LogP) is 3.04. The van der Waals surface area contributed by atoms with Crippen LogP contribution in [-0.4, -0.2) is 38.8 Å². The first-order valence-corrected chi connectivity index (χ1v) is 9.44. The molecule has 0 aromatic rings. The Hall–Kier alpha value is -1.34. The van der Waals surface area contributed by atoms with Crippen LogP contribution in [0.5, 0.6) is 0 Å². The third-order valence-corrected chi connectivity index (χ3v) is 7.04. The Labute approximate surface area is 165 Å². The molecule has 0 amide bonds. The van der Waals surface area contributed by atoms with Gasteiger partial charge in [-0.2, -0.15) is 0 Å². The number of carboxylic acids is 3. The molecule has 0 spiro atoms. The summed E-state index contributed by atoms with van der Waals surface area (Å²) in [5.41, 5.74) is 5.74. The summed E-state index contributed by atoms with van der Waals surface area (Å²) < 4.78 is 0. The average molecular weight is 404 g/mol. The van der Waals surface area contributed by atoms with Crippen molar-refractivity contribution in [1.82, 2.24) is 0 Å². The van der Waals surface area contributed by atoms with Gasteiger partial charge < -0.3 is 21.1 Å². The lowest BCUT2D eigenvalue weighted by Crippen LogP contribution is -2.67. The van der Waals surface area contributed by atoms with Crippen LogP contribution in [0, 0.1) is 16.2 Å². The molecule has 8 heteroatoms. The standard InChI is InChI=1S/C19H29NO6.ClH/c20-19-10-16(4-1-13(21)22)7-17(11-19,5-2-14(23)24)9-18(8-16,12-19)6-3-15(25)26;/h1-12,20H2,(H,21,22)(H,23,24)(H,25,26);1H. The molecule has 154 valence electrons. The molecule has 27 heavy (non-hydrogen) atoms. The second-order valence-electron chi connectivity index (χ2n) is 9.60. The topological polar surface area (TPSA) is 138 Å². The summed E-state index contributed by atoms with van der Waals surface area (Å²) in [7, 11) is 0. The summed E-state index contributed by atoms with van der Waals surface area (Å²) >= 11 is 0. The molecule has 0 atom stereocenters. The highest BCUT2D eigenvalue weighted by atomic mass is 35.5. The van der Waals surface area contributed by atoms with Crippen molar-refractivity contribution >= 4 is 30.3 Å². The molecular weight excluding hydrogens is 374 g/mol. The Kier molecular flexibility index (Phi) is 5.89. The molecule has 7 nitrogen and oxygen atoms in total. The highest BCUT2D eigenvalue weighted by Gasteiger charge is 2.66. The van der Waals surface area contributed by atoms with Crippen molar-refractivity contribution in [2.45, 2.75) is 82.6 Å². The Bertz CT molecular complexity index is 544. The molecule has 4 aliphatic carbocycles. The van der Waals surface area contributed by atoms with Crippen molar-refractivity contribution in [3.8, 4) is 0 Å². The number of nitrogens with two attached hydrogens (primary N) is 1. The predicted molar refractivity (Wildman–Crippen MR) is 99.8 cm³/mol. The van der Waals surface area contributed by atoms with E-state index in [0.29, 0.717) is 19.3 Å². The summed E-state index contributed by atoms with van der Waals surface area (Å²) in [4.78, 5) is 33.5. The number of hydrogen-bond donors (Lipinski definition) is 4. The molecule has 4 saturated carbocycles. The van der Waals surface area contributed by atoms with E-state index in [-0.39, 0.29) is 47.9 Å². The van der Waals surface area contributed by atoms with E-state index in [2.05, 4.69) is 0 Å². The van der Waals surface area contributed by atoms with Crippen LogP contribution in [0.3, 0.4) is 0 Å². The molecule has 0 aromatic heterocycles. The van der Waals surface area contributed by atoms with Crippen LogP contribution in [0.1, 0.15) is 77.0 Å². The van der Waals surface area contributed by atoms with Gasteiger partial charge >= 0.3 is 17.9 Å². The molecule has 0 heterocycles. The Morgan fingerprint density at radius 3 is 1.11 bits per heavy atom. The van der Waals surface area contributed by atoms with E-state index in [0.717, 1.165) is 38.5 Å². The van der Waals surface area contributed by atoms with Crippen molar-refractivity contribution in [3.63, 3.8) is 0 Å². The quantitative estimate of drug-likeness (QED) is 0.464. The maximum Gasteiger partial charge on any atom is 0.303 e. The van der Waals surface area contributed by atoms with Gasteiger partial charge in [-0.05, 0) is 74.0 Å². The Morgan fingerprint density at radius 2 is 0.889 bits per heavy atom. The van der Waals surface area contributed by atoms with Crippen LogP contribution < -0.4 is 5.73 Å². The highest BCUT2D eigenvalue weighted by Crippen LogP contribution is 2.73. The minimum Gasteiger partial charge on any atom is -0.481 e. The first-order chi connectivity index (χ1) is 12.0. The van der Waals surface area contributed by atoms with E-state index < -0.39 is 23.4 Å². The fraction of sp³-hybridized carbons (Fsp3) is 0.842. The van der Waals surface area contributed by atoms with Gasteiger partial charge in [0.2, 0.25) is 0 Å². The molecule has 4 bridgehead atoms. The zero-order valence-electron chi connectivity index (χ0n) is 15.5.